The number of aliphatic hydroxyl groups excluding tert-OH is 1. The highest BCUT2D eigenvalue weighted by Gasteiger charge is 2.14. The van der Waals surface area contributed by atoms with E-state index in [0.717, 1.165) is 5.56 Å². The molecule has 2 aromatic carbocycles. The van der Waals surface area contributed by atoms with E-state index in [1.807, 2.05) is 12.1 Å². The average Bonchev–Trinajstić information content (AvgIpc) is 2.79. The molecule has 0 saturated heterocycles. The SMILES string of the molecule is C=CCc1ccc(OC[C@H](O)Cn2cnc3cc(OC)c(OC)cc3c2=O)c(OC)c1. The number of aromatic nitrogens is 2. The van der Waals surface area contributed by atoms with Crippen molar-refractivity contribution in [1.82, 2.24) is 9.55 Å². The lowest BCUT2D eigenvalue weighted by Crippen LogP contribution is -2.30. The van der Waals surface area contributed by atoms with Gasteiger partial charge in [0.1, 0.15) is 12.7 Å². The number of benzene rings is 2. The van der Waals surface area contributed by atoms with E-state index in [9.17, 15) is 9.90 Å². The minimum atomic E-state index is -0.936. The van der Waals surface area contributed by atoms with Gasteiger partial charge in [-0.2, -0.15) is 0 Å². The zero-order valence-electron chi connectivity index (χ0n) is 17.8. The molecule has 1 aromatic heterocycles. The monoisotopic (exact) mass is 426 g/mol. The summed E-state index contributed by atoms with van der Waals surface area (Å²) in [6, 6.07) is 8.78. The molecule has 0 aliphatic rings. The maximum absolute atomic E-state index is 12.9. The van der Waals surface area contributed by atoms with Gasteiger partial charge < -0.3 is 24.1 Å². The van der Waals surface area contributed by atoms with Crippen molar-refractivity contribution in [2.45, 2.75) is 19.1 Å². The average molecular weight is 426 g/mol. The van der Waals surface area contributed by atoms with Gasteiger partial charge >= 0.3 is 0 Å². The summed E-state index contributed by atoms with van der Waals surface area (Å²) in [6.45, 7) is 3.73. The summed E-state index contributed by atoms with van der Waals surface area (Å²) in [5, 5.41) is 10.8. The van der Waals surface area contributed by atoms with Gasteiger partial charge in [-0.1, -0.05) is 12.1 Å². The Morgan fingerprint density at radius 1 is 1.06 bits per heavy atom. The first-order valence-corrected chi connectivity index (χ1v) is 9.70. The van der Waals surface area contributed by atoms with Gasteiger partial charge in [-0.05, 0) is 30.2 Å². The second-order valence-electron chi connectivity index (χ2n) is 6.87. The molecule has 1 N–H and O–H groups in total. The molecule has 3 aromatic rings. The van der Waals surface area contributed by atoms with E-state index in [1.54, 1.807) is 31.4 Å². The Bertz CT molecular complexity index is 1120. The predicted molar refractivity (Wildman–Crippen MR) is 118 cm³/mol. The van der Waals surface area contributed by atoms with Crippen LogP contribution in [0.5, 0.6) is 23.0 Å². The first-order valence-electron chi connectivity index (χ1n) is 9.70. The predicted octanol–water partition coefficient (Wildman–Crippen LogP) is 2.59. The third kappa shape index (κ3) is 4.97. The summed E-state index contributed by atoms with van der Waals surface area (Å²) in [7, 11) is 4.57. The van der Waals surface area contributed by atoms with E-state index in [1.165, 1.54) is 25.1 Å². The van der Waals surface area contributed by atoms with Crippen molar-refractivity contribution in [1.29, 1.82) is 0 Å². The van der Waals surface area contributed by atoms with E-state index in [4.69, 9.17) is 18.9 Å². The molecule has 8 nitrogen and oxygen atoms in total. The van der Waals surface area contributed by atoms with Crippen LogP contribution in [-0.4, -0.2) is 48.7 Å². The van der Waals surface area contributed by atoms with Crippen LogP contribution >= 0.6 is 0 Å². The van der Waals surface area contributed by atoms with Crippen LogP contribution in [-0.2, 0) is 13.0 Å². The summed E-state index contributed by atoms with van der Waals surface area (Å²) in [5.41, 5.74) is 1.23. The molecule has 0 spiro atoms. The van der Waals surface area contributed by atoms with Gasteiger partial charge in [-0.25, -0.2) is 4.98 Å². The Balaban J connectivity index is 1.74. The molecule has 0 unspecified atom stereocenters. The molecule has 31 heavy (non-hydrogen) atoms. The molecular formula is C23H26N2O6. The molecule has 0 radical (unpaired) electrons. The Kier molecular flexibility index (Phi) is 7.15. The van der Waals surface area contributed by atoms with Crippen LogP contribution in [0.1, 0.15) is 5.56 Å². The maximum Gasteiger partial charge on any atom is 0.261 e. The normalized spacial score (nSPS) is 11.7. The first kappa shape index (κ1) is 22.2. The Morgan fingerprint density at radius 3 is 2.42 bits per heavy atom. The molecule has 3 rings (SSSR count). The lowest BCUT2D eigenvalue weighted by atomic mass is 10.1. The van der Waals surface area contributed by atoms with Crippen LogP contribution in [0.2, 0.25) is 0 Å². The number of hydrogen-bond acceptors (Lipinski definition) is 7. The third-order valence-corrected chi connectivity index (χ3v) is 4.78. The van der Waals surface area contributed by atoms with Crippen LogP contribution in [0.4, 0.5) is 0 Å². The second-order valence-corrected chi connectivity index (χ2v) is 6.87. The van der Waals surface area contributed by atoms with E-state index < -0.39 is 6.10 Å². The number of methoxy groups -OCH3 is 3. The molecule has 164 valence electrons. The van der Waals surface area contributed by atoms with Gasteiger partial charge in [0, 0.05) is 6.07 Å². The van der Waals surface area contributed by atoms with Crippen molar-refractivity contribution in [2.75, 3.05) is 27.9 Å². The quantitative estimate of drug-likeness (QED) is 0.498. The number of aliphatic hydroxyl groups is 1. The van der Waals surface area contributed by atoms with Crippen molar-refractivity contribution in [3.05, 3.63) is 65.2 Å². The van der Waals surface area contributed by atoms with Crippen LogP contribution in [0.15, 0.2) is 54.1 Å². The summed E-state index contributed by atoms with van der Waals surface area (Å²) in [5.74, 6) is 2.00. The first-order chi connectivity index (χ1) is 15.0. The number of rotatable bonds is 10. The Labute approximate surface area is 180 Å². The van der Waals surface area contributed by atoms with Gasteiger partial charge in [0.15, 0.2) is 23.0 Å². The fourth-order valence-electron chi connectivity index (χ4n) is 3.21. The molecular weight excluding hydrogens is 400 g/mol. The van der Waals surface area contributed by atoms with Gasteiger partial charge in [0.25, 0.3) is 5.56 Å². The standard InChI is InChI=1S/C23H26N2O6/c1-5-6-15-7-8-19(20(9-15)28-2)31-13-16(26)12-25-14-24-18-11-22(30-4)21(29-3)10-17(18)23(25)27/h5,7-11,14,16,26H,1,6,12-13H2,2-4H3/t16-/m1/s1. The zero-order valence-corrected chi connectivity index (χ0v) is 17.8. The number of nitrogens with zero attached hydrogens (tertiary/aromatic N) is 2. The van der Waals surface area contributed by atoms with E-state index >= 15 is 0 Å². The molecule has 1 heterocycles. The topological polar surface area (TPSA) is 92.0 Å². The third-order valence-electron chi connectivity index (χ3n) is 4.78. The van der Waals surface area contributed by atoms with E-state index in [2.05, 4.69) is 11.6 Å². The van der Waals surface area contributed by atoms with Crippen LogP contribution < -0.4 is 24.5 Å². The van der Waals surface area contributed by atoms with Gasteiger partial charge in [-0.15, -0.1) is 6.58 Å². The van der Waals surface area contributed by atoms with Crippen LogP contribution in [0.3, 0.4) is 0 Å². The summed E-state index contributed by atoms with van der Waals surface area (Å²) < 4.78 is 22.9. The largest absolute Gasteiger partial charge is 0.493 e. The molecule has 8 heteroatoms. The fourth-order valence-corrected chi connectivity index (χ4v) is 3.21. The van der Waals surface area contributed by atoms with Crippen molar-refractivity contribution in [3.8, 4) is 23.0 Å². The number of ether oxygens (including phenoxy) is 4. The molecule has 0 fully saturated rings. The smallest absolute Gasteiger partial charge is 0.261 e. The van der Waals surface area contributed by atoms with Crippen LogP contribution in [0, 0.1) is 0 Å². The maximum atomic E-state index is 12.9. The van der Waals surface area contributed by atoms with E-state index in [-0.39, 0.29) is 18.7 Å². The fraction of sp³-hybridized carbons (Fsp3) is 0.304. The second kappa shape index (κ2) is 9.99. The summed E-state index contributed by atoms with van der Waals surface area (Å²) in [4.78, 5) is 17.2. The molecule has 1 atom stereocenters. The summed E-state index contributed by atoms with van der Waals surface area (Å²) >= 11 is 0. The molecule has 0 aliphatic heterocycles. The highest BCUT2D eigenvalue weighted by atomic mass is 16.5. The van der Waals surface area contributed by atoms with Crippen molar-refractivity contribution >= 4 is 10.9 Å². The highest BCUT2D eigenvalue weighted by Crippen LogP contribution is 2.30. The Hall–Kier alpha value is -3.52. The lowest BCUT2D eigenvalue weighted by Gasteiger charge is -2.16. The van der Waals surface area contributed by atoms with Crippen LogP contribution in [0.25, 0.3) is 10.9 Å². The molecule has 0 aliphatic carbocycles. The van der Waals surface area contributed by atoms with Crippen molar-refractivity contribution in [3.63, 3.8) is 0 Å². The van der Waals surface area contributed by atoms with Gasteiger partial charge in [-0.3, -0.25) is 9.36 Å². The summed E-state index contributed by atoms with van der Waals surface area (Å²) in [6.07, 6.45) is 2.98. The molecule has 0 saturated carbocycles. The molecule has 0 amide bonds. The highest BCUT2D eigenvalue weighted by molar-refractivity contribution is 5.81. The molecule has 0 bridgehead atoms. The number of hydrogen-bond donors (Lipinski definition) is 1. The lowest BCUT2D eigenvalue weighted by molar-refractivity contribution is 0.0900. The van der Waals surface area contributed by atoms with Gasteiger partial charge in [0.05, 0.1) is 45.1 Å². The van der Waals surface area contributed by atoms with Gasteiger partial charge in [0.2, 0.25) is 0 Å². The Morgan fingerprint density at radius 2 is 1.74 bits per heavy atom. The van der Waals surface area contributed by atoms with E-state index in [0.29, 0.717) is 40.3 Å². The zero-order chi connectivity index (χ0) is 22.4. The van der Waals surface area contributed by atoms with Crippen molar-refractivity contribution < 1.29 is 24.1 Å². The minimum absolute atomic E-state index is 0.0203. The minimum Gasteiger partial charge on any atom is -0.493 e. The number of fused-ring (bicyclic) bond motifs is 1. The van der Waals surface area contributed by atoms with Crippen molar-refractivity contribution in [2.24, 2.45) is 0 Å². The number of allylic oxidation sites excluding steroid dienone is 1.